The van der Waals surface area contributed by atoms with E-state index in [2.05, 4.69) is 76.2 Å². The molecule has 0 spiro atoms. The van der Waals surface area contributed by atoms with Crippen LogP contribution in [0.25, 0.3) is 11.1 Å². The number of benzene rings is 2. The van der Waals surface area contributed by atoms with Crippen molar-refractivity contribution in [3.63, 3.8) is 0 Å². The minimum Gasteiger partial charge on any atom is -0.352 e. The standard InChI is InChI=1S/C46H72O4/c1-5-7-9-11-13-15-17-43-33-47-45(49-35(43)3)32-21-37-19-22-38(23-20-37)39-24-26-40(27-25-39)41-28-30-42(31-29-41)46-48-34-44(36(4)50-46)18-16-14-12-10-8-6-2/h24-31,35-38,43-46H,5-23,32-34H2,1-4H3/t35?,36?,37?,38?,43-,44-,45-,46-/m1/s1. The highest BCUT2D eigenvalue weighted by Gasteiger charge is 2.31. The highest BCUT2D eigenvalue weighted by Crippen LogP contribution is 2.39. The minimum atomic E-state index is -0.254. The van der Waals surface area contributed by atoms with Crippen LogP contribution in [-0.4, -0.2) is 31.7 Å². The minimum absolute atomic E-state index is 0.00323. The molecule has 4 nitrogen and oxygen atoms in total. The summed E-state index contributed by atoms with van der Waals surface area (Å²) < 4.78 is 25.2. The molecular formula is C46H72O4. The molecule has 2 heterocycles. The van der Waals surface area contributed by atoms with Crippen LogP contribution in [0.4, 0.5) is 0 Å². The number of unbranched alkanes of at least 4 members (excludes halogenated alkanes) is 10. The monoisotopic (exact) mass is 689 g/mol. The highest BCUT2D eigenvalue weighted by molar-refractivity contribution is 5.64. The number of hydrogen-bond donors (Lipinski definition) is 0. The molecule has 0 bridgehead atoms. The molecule has 5 rings (SSSR count). The third-order valence-electron chi connectivity index (χ3n) is 12.4. The summed E-state index contributed by atoms with van der Waals surface area (Å²) in [5.74, 6) is 2.56. The van der Waals surface area contributed by atoms with Crippen molar-refractivity contribution in [1.82, 2.24) is 0 Å². The molecule has 6 atom stereocenters. The largest absolute Gasteiger partial charge is 0.352 e. The Bertz CT molecular complexity index is 1170. The van der Waals surface area contributed by atoms with E-state index >= 15 is 0 Å². The van der Waals surface area contributed by atoms with Gasteiger partial charge in [0.05, 0.1) is 25.4 Å². The Morgan fingerprint density at radius 1 is 0.500 bits per heavy atom. The molecule has 2 aromatic rings. The van der Waals surface area contributed by atoms with Gasteiger partial charge >= 0.3 is 0 Å². The Morgan fingerprint density at radius 3 is 1.54 bits per heavy atom. The molecule has 1 aliphatic carbocycles. The SMILES string of the molecule is CCCCCCCC[C@@H]1CO[C@@H](CCC2CCC(c3ccc(-c4ccc([C@@H]5OC[C@@H](CCCCCCCC)C(C)O5)cc4)cc3)CC2)OC1C. The van der Waals surface area contributed by atoms with Gasteiger partial charge in [0, 0.05) is 17.4 Å². The highest BCUT2D eigenvalue weighted by atomic mass is 16.7. The average Bonchev–Trinajstić information content (AvgIpc) is 3.15. The second kappa shape index (κ2) is 21.7. The average molecular weight is 689 g/mol. The lowest BCUT2D eigenvalue weighted by molar-refractivity contribution is -0.237. The van der Waals surface area contributed by atoms with Gasteiger partial charge in [-0.3, -0.25) is 0 Å². The smallest absolute Gasteiger partial charge is 0.184 e. The second-order valence-electron chi connectivity index (χ2n) is 16.3. The van der Waals surface area contributed by atoms with Crippen LogP contribution >= 0.6 is 0 Å². The number of hydrogen-bond acceptors (Lipinski definition) is 4. The molecule has 3 fully saturated rings. The Balaban J connectivity index is 0.974. The molecule has 0 radical (unpaired) electrons. The van der Waals surface area contributed by atoms with Crippen LogP contribution in [0.3, 0.4) is 0 Å². The lowest BCUT2D eigenvalue weighted by Crippen LogP contribution is -2.38. The molecule has 1 saturated carbocycles. The normalized spacial score (nSPS) is 28.9. The van der Waals surface area contributed by atoms with E-state index in [0.717, 1.165) is 31.1 Å². The summed E-state index contributed by atoms with van der Waals surface area (Å²) >= 11 is 0. The maximum atomic E-state index is 6.36. The summed E-state index contributed by atoms with van der Waals surface area (Å²) in [5, 5.41) is 0. The molecule has 4 heteroatoms. The van der Waals surface area contributed by atoms with Crippen molar-refractivity contribution < 1.29 is 18.9 Å². The molecule has 0 amide bonds. The van der Waals surface area contributed by atoms with Gasteiger partial charge < -0.3 is 18.9 Å². The fourth-order valence-electron chi connectivity index (χ4n) is 8.72. The molecular weight excluding hydrogens is 617 g/mol. The first-order valence-corrected chi connectivity index (χ1v) is 21.3. The van der Waals surface area contributed by atoms with Crippen molar-refractivity contribution in [3.05, 3.63) is 59.7 Å². The lowest BCUT2D eigenvalue weighted by atomic mass is 9.77. The zero-order chi connectivity index (χ0) is 35.0. The van der Waals surface area contributed by atoms with Gasteiger partial charge in [-0.15, -0.1) is 0 Å². The first-order valence-electron chi connectivity index (χ1n) is 21.3. The topological polar surface area (TPSA) is 36.9 Å². The molecule has 0 aromatic heterocycles. The molecule has 50 heavy (non-hydrogen) atoms. The number of ether oxygens (including phenoxy) is 4. The van der Waals surface area contributed by atoms with Crippen molar-refractivity contribution in [2.75, 3.05) is 13.2 Å². The maximum absolute atomic E-state index is 6.36. The molecule has 2 unspecified atom stereocenters. The summed E-state index contributed by atoms with van der Waals surface area (Å²) in [5.41, 5.74) is 5.16. The molecule has 280 valence electrons. The van der Waals surface area contributed by atoms with Crippen LogP contribution in [0.1, 0.15) is 179 Å². The van der Waals surface area contributed by atoms with Gasteiger partial charge in [-0.2, -0.15) is 0 Å². The molecule has 0 N–H and O–H groups in total. The quantitative estimate of drug-likeness (QED) is 0.130. The van der Waals surface area contributed by atoms with Crippen molar-refractivity contribution in [1.29, 1.82) is 0 Å². The van der Waals surface area contributed by atoms with E-state index < -0.39 is 0 Å². The fourth-order valence-corrected chi connectivity index (χ4v) is 8.72. The molecule has 3 aliphatic rings. The predicted octanol–water partition coefficient (Wildman–Crippen LogP) is 13.3. The summed E-state index contributed by atoms with van der Waals surface area (Å²) in [6, 6.07) is 18.2. The van der Waals surface area contributed by atoms with Gasteiger partial charge in [-0.1, -0.05) is 139 Å². The zero-order valence-corrected chi connectivity index (χ0v) is 32.4. The Labute approximate surface area is 306 Å². The first-order chi connectivity index (χ1) is 24.5. The summed E-state index contributed by atoms with van der Waals surface area (Å²) in [4.78, 5) is 0. The zero-order valence-electron chi connectivity index (χ0n) is 32.4. The maximum Gasteiger partial charge on any atom is 0.184 e. The van der Waals surface area contributed by atoms with Gasteiger partial charge in [0.2, 0.25) is 0 Å². The van der Waals surface area contributed by atoms with Gasteiger partial charge in [-0.05, 0) is 93.7 Å². The lowest BCUT2D eigenvalue weighted by Gasteiger charge is -2.36. The van der Waals surface area contributed by atoms with E-state index in [1.165, 1.54) is 139 Å². The van der Waals surface area contributed by atoms with E-state index in [1.807, 2.05) is 0 Å². The van der Waals surface area contributed by atoms with Crippen LogP contribution in [0.5, 0.6) is 0 Å². The molecule has 2 aromatic carbocycles. The first kappa shape index (κ1) is 39.5. The Morgan fingerprint density at radius 2 is 1.00 bits per heavy atom. The Hall–Kier alpha value is -1.72. The van der Waals surface area contributed by atoms with E-state index in [4.69, 9.17) is 18.9 Å². The summed E-state index contributed by atoms with van der Waals surface area (Å²) in [7, 11) is 0. The van der Waals surface area contributed by atoms with Crippen LogP contribution in [0.15, 0.2) is 48.5 Å². The van der Waals surface area contributed by atoms with Crippen molar-refractivity contribution in [2.24, 2.45) is 17.8 Å². The van der Waals surface area contributed by atoms with Gasteiger partial charge in [0.25, 0.3) is 0 Å². The van der Waals surface area contributed by atoms with Crippen molar-refractivity contribution in [2.45, 2.75) is 187 Å². The van der Waals surface area contributed by atoms with Crippen LogP contribution in [-0.2, 0) is 18.9 Å². The van der Waals surface area contributed by atoms with E-state index in [0.29, 0.717) is 23.9 Å². The third kappa shape index (κ3) is 12.5. The van der Waals surface area contributed by atoms with Gasteiger partial charge in [0.15, 0.2) is 12.6 Å². The van der Waals surface area contributed by atoms with Gasteiger partial charge in [0.1, 0.15) is 0 Å². The predicted molar refractivity (Wildman–Crippen MR) is 208 cm³/mol. The van der Waals surface area contributed by atoms with E-state index in [-0.39, 0.29) is 18.7 Å². The van der Waals surface area contributed by atoms with Crippen LogP contribution in [0.2, 0.25) is 0 Å². The van der Waals surface area contributed by atoms with Crippen LogP contribution in [0, 0.1) is 17.8 Å². The van der Waals surface area contributed by atoms with Crippen molar-refractivity contribution in [3.8, 4) is 11.1 Å². The number of rotatable bonds is 20. The summed E-state index contributed by atoms with van der Waals surface area (Å²) in [6.07, 6.45) is 26.5. The van der Waals surface area contributed by atoms with Gasteiger partial charge in [-0.25, -0.2) is 0 Å². The Kier molecular flexibility index (Phi) is 17.2. The van der Waals surface area contributed by atoms with E-state index in [9.17, 15) is 0 Å². The van der Waals surface area contributed by atoms with Crippen molar-refractivity contribution >= 4 is 0 Å². The van der Waals surface area contributed by atoms with Crippen LogP contribution < -0.4 is 0 Å². The summed E-state index contributed by atoms with van der Waals surface area (Å²) in [6.45, 7) is 10.8. The fraction of sp³-hybridized carbons (Fsp3) is 0.739. The second-order valence-corrected chi connectivity index (χ2v) is 16.3. The molecule has 2 saturated heterocycles. The third-order valence-corrected chi connectivity index (χ3v) is 12.4. The molecule has 2 aliphatic heterocycles. The van der Waals surface area contributed by atoms with E-state index in [1.54, 1.807) is 0 Å².